The third kappa shape index (κ3) is 2.14. The standard InChI is InChI=1S/C12H12ClN3/c1-16(2)8-15-11-7-14-10-6-4-3-5-9(10)12(11)13/h3-8H,1-2H3/b15-8-. The Balaban J connectivity index is 2.52. The van der Waals surface area contributed by atoms with Gasteiger partial charge in [0, 0.05) is 19.5 Å². The van der Waals surface area contributed by atoms with E-state index in [1.807, 2.05) is 43.3 Å². The van der Waals surface area contributed by atoms with Gasteiger partial charge in [0.15, 0.2) is 0 Å². The zero-order valence-corrected chi connectivity index (χ0v) is 9.94. The zero-order chi connectivity index (χ0) is 11.5. The molecule has 0 bridgehead atoms. The topological polar surface area (TPSA) is 28.5 Å². The van der Waals surface area contributed by atoms with Gasteiger partial charge in [0.05, 0.1) is 23.1 Å². The zero-order valence-electron chi connectivity index (χ0n) is 9.18. The Morgan fingerprint density at radius 1 is 1.31 bits per heavy atom. The minimum Gasteiger partial charge on any atom is -0.369 e. The first-order chi connectivity index (χ1) is 7.68. The van der Waals surface area contributed by atoms with Crippen LogP contribution in [0.25, 0.3) is 10.9 Å². The number of rotatable bonds is 2. The minimum atomic E-state index is 0.642. The van der Waals surface area contributed by atoms with Crippen molar-refractivity contribution in [2.75, 3.05) is 14.1 Å². The van der Waals surface area contributed by atoms with E-state index in [2.05, 4.69) is 9.98 Å². The van der Waals surface area contributed by atoms with E-state index in [1.54, 1.807) is 12.5 Å². The first-order valence-corrected chi connectivity index (χ1v) is 5.30. The van der Waals surface area contributed by atoms with Crippen LogP contribution in [-0.2, 0) is 0 Å². The number of aliphatic imine (C=N–C) groups is 1. The highest BCUT2D eigenvalue weighted by Gasteiger charge is 2.04. The van der Waals surface area contributed by atoms with Gasteiger partial charge in [-0.25, -0.2) is 4.99 Å². The van der Waals surface area contributed by atoms with E-state index in [1.165, 1.54) is 0 Å². The second kappa shape index (κ2) is 4.49. The van der Waals surface area contributed by atoms with Crippen LogP contribution < -0.4 is 0 Å². The van der Waals surface area contributed by atoms with Gasteiger partial charge in [-0.15, -0.1) is 0 Å². The van der Waals surface area contributed by atoms with Crippen LogP contribution in [-0.4, -0.2) is 30.3 Å². The summed E-state index contributed by atoms with van der Waals surface area (Å²) in [6.45, 7) is 0. The van der Waals surface area contributed by atoms with Gasteiger partial charge in [0.1, 0.15) is 5.69 Å². The predicted octanol–water partition coefficient (Wildman–Crippen LogP) is 3.11. The van der Waals surface area contributed by atoms with Crippen LogP contribution in [0.2, 0.25) is 5.02 Å². The fourth-order valence-electron chi connectivity index (χ4n) is 1.36. The number of para-hydroxylation sites is 1. The van der Waals surface area contributed by atoms with Crippen molar-refractivity contribution in [1.29, 1.82) is 0 Å². The molecule has 0 atom stereocenters. The molecule has 2 rings (SSSR count). The van der Waals surface area contributed by atoms with Gasteiger partial charge in [-0.05, 0) is 6.07 Å². The average molecular weight is 234 g/mol. The van der Waals surface area contributed by atoms with Crippen LogP contribution in [0.3, 0.4) is 0 Å². The van der Waals surface area contributed by atoms with Crippen LogP contribution in [0.1, 0.15) is 0 Å². The van der Waals surface area contributed by atoms with E-state index in [4.69, 9.17) is 11.6 Å². The molecule has 1 aromatic carbocycles. The summed E-state index contributed by atoms with van der Waals surface area (Å²) in [5.41, 5.74) is 1.57. The third-order valence-corrected chi connectivity index (χ3v) is 2.52. The third-order valence-electron chi connectivity index (χ3n) is 2.12. The molecule has 0 amide bonds. The molecule has 0 aliphatic carbocycles. The van der Waals surface area contributed by atoms with Gasteiger partial charge in [0.2, 0.25) is 0 Å². The van der Waals surface area contributed by atoms with Crippen LogP contribution in [0.15, 0.2) is 35.5 Å². The van der Waals surface area contributed by atoms with Crippen molar-refractivity contribution >= 4 is 34.5 Å². The van der Waals surface area contributed by atoms with Crippen molar-refractivity contribution in [1.82, 2.24) is 9.88 Å². The molecule has 3 nitrogen and oxygen atoms in total. The van der Waals surface area contributed by atoms with Crippen LogP contribution in [0.5, 0.6) is 0 Å². The minimum absolute atomic E-state index is 0.642. The predicted molar refractivity (Wildman–Crippen MR) is 68.6 cm³/mol. The lowest BCUT2D eigenvalue weighted by Gasteiger charge is -2.05. The van der Waals surface area contributed by atoms with Gasteiger partial charge in [-0.1, -0.05) is 29.8 Å². The summed E-state index contributed by atoms with van der Waals surface area (Å²) < 4.78 is 0. The van der Waals surface area contributed by atoms with Crippen LogP contribution in [0, 0.1) is 0 Å². The molecule has 82 valence electrons. The Morgan fingerprint density at radius 2 is 2.06 bits per heavy atom. The quantitative estimate of drug-likeness (QED) is 0.589. The van der Waals surface area contributed by atoms with E-state index >= 15 is 0 Å². The van der Waals surface area contributed by atoms with Gasteiger partial charge in [-0.2, -0.15) is 0 Å². The fourth-order valence-corrected chi connectivity index (χ4v) is 1.62. The molecular formula is C12H12ClN3. The lowest BCUT2D eigenvalue weighted by molar-refractivity contribution is 0.643. The summed E-state index contributed by atoms with van der Waals surface area (Å²) in [6.07, 6.45) is 3.39. The molecule has 1 aromatic heterocycles. The van der Waals surface area contributed by atoms with Crippen molar-refractivity contribution in [3.63, 3.8) is 0 Å². The Morgan fingerprint density at radius 3 is 2.81 bits per heavy atom. The highest BCUT2D eigenvalue weighted by Crippen LogP contribution is 2.30. The highest BCUT2D eigenvalue weighted by molar-refractivity contribution is 6.37. The van der Waals surface area contributed by atoms with Gasteiger partial charge >= 0.3 is 0 Å². The monoisotopic (exact) mass is 233 g/mol. The van der Waals surface area contributed by atoms with E-state index in [0.717, 1.165) is 10.9 Å². The summed E-state index contributed by atoms with van der Waals surface area (Å²) in [5, 5.41) is 1.57. The van der Waals surface area contributed by atoms with Gasteiger partial charge in [0.25, 0.3) is 0 Å². The van der Waals surface area contributed by atoms with Gasteiger partial charge < -0.3 is 4.90 Å². The first-order valence-electron chi connectivity index (χ1n) is 4.92. The summed E-state index contributed by atoms with van der Waals surface area (Å²) in [5.74, 6) is 0. The molecule has 0 radical (unpaired) electrons. The maximum atomic E-state index is 6.25. The SMILES string of the molecule is CN(C)/C=N\c1cnc2ccccc2c1Cl. The lowest BCUT2D eigenvalue weighted by atomic mass is 10.2. The first kappa shape index (κ1) is 10.9. The number of halogens is 1. The largest absolute Gasteiger partial charge is 0.369 e. The molecule has 1 heterocycles. The Hall–Kier alpha value is -1.61. The van der Waals surface area contributed by atoms with E-state index < -0.39 is 0 Å². The molecule has 0 saturated carbocycles. The molecule has 0 saturated heterocycles. The molecule has 0 N–H and O–H groups in total. The van der Waals surface area contributed by atoms with Crippen molar-refractivity contribution < 1.29 is 0 Å². The number of benzene rings is 1. The number of hydrogen-bond donors (Lipinski definition) is 0. The van der Waals surface area contributed by atoms with Crippen molar-refractivity contribution in [2.24, 2.45) is 4.99 Å². The smallest absolute Gasteiger partial charge is 0.102 e. The maximum absolute atomic E-state index is 6.25. The summed E-state index contributed by atoms with van der Waals surface area (Å²) >= 11 is 6.25. The fraction of sp³-hybridized carbons (Fsp3) is 0.167. The molecule has 16 heavy (non-hydrogen) atoms. The number of nitrogens with zero attached hydrogens (tertiary/aromatic N) is 3. The van der Waals surface area contributed by atoms with Crippen molar-refractivity contribution in [3.8, 4) is 0 Å². The molecule has 0 spiro atoms. The molecule has 4 heteroatoms. The van der Waals surface area contributed by atoms with Gasteiger partial charge in [-0.3, -0.25) is 4.98 Å². The second-order valence-corrected chi connectivity index (χ2v) is 4.06. The second-order valence-electron chi connectivity index (χ2n) is 3.68. The lowest BCUT2D eigenvalue weighted by Crippen LogP contribution is -2.07. The Labute approximate surface area is 99.4 Å². The molecule has 0 unspecified atom stereocenters. The van der Waals surface area contributed by atoms with Crippen LogP contribution in [0.4, 0.5) is 5.69 Å². The number of fused-ring (bicyclic) bond motifs is 1. The van der Waals surface area contributed by atoms with Crippen molar-refractivity contribution in [2.45, 2.75) is 0 Å². The molecule has 0 aliphatic rings. The Bertz CT molecular complexity index is 535. The molecular weight excluding hydrogens is 222 g/mol. The highest BCUT2D eigenvalue weighted by atomic mass is 35.5. The number of pyridine rings is 1. The average Bonchev–Trinajstić information content (AvgIpc) is 2.28. The van der Waals surface area contributed by atoms with Crippen LogP contribution >= 0.6 is 11.6 Å². The summed E-state index contributed by atoms with van der Waals surface area (Å²) in [4.78, 5) is 10.4. The maximum Gasteiger partial charge on any atom is 0.102 e. The molecule has 0 aliphatic heterocycles. The van der Waals surface area contributed by atoms with E-state index in [9.17, 15) is 0 Å². The summed E-state index contributed by atoms with van der Waals surface area (Å²) in [6, 6.07) is 7.75. The van der Waals surface area contributed by atoms with Crippen molar-refractivity contribution in [3.05, 3.63) is 35.5 Å². The molecule has 0 fully saturated rings. The van der Waals surface area contributed by atoms with E-state index in [-0.39, 0.29) is 0 Å². The Kier molecular flexibility index (Phi) is 3.06. The van der Waals surface area contributed by atoms with E-state index in [0.29, 0.717) is 10.7 Å². The number of aromatic nitrogens is 1. The summed E-state index contributed by atoms with van der Waals surface area (Å²) in [7, 11) is 3.82. The normalized spacial score (nSPS) is 11.2. The number of hydrogen-bond acceptors (Lipinski definition) is 2. The molecule has 2 aromatic rings.